The van der Waals surface area contributed by atoms with Gasteiger partial charge in [-0.05, 0) is 17.7 Å². The van der Waals surface area contributed by atoms with Gasteiger partial charge in [0.05, 0.1) is 17.3 Å². The molecule has 0 radical (unpaired) electrons. The Labute approximate surface area is 78.8 Å². The Bertz CT molecular complexity index is 382. The largest absolute Gasteiger partial charge is 0.396 e. The van der Waals surface area contributed by atoms with Gasteiger partial charge in [-0.2, -0.15) is 5.26 Å². The minimum absolute atomic E-state index is 0.00708. The zero-order chi connectivity index (χ0) is 10.7. The first-order valence-electron chi connectivity index (χ1n) is 3.80. The average Bonchev–Trinajstić information content (AvgIpc) is 2.11. The van der Waals surface area contributed by atoms with Gasteiger partial charge in [-0.1, -0.05) is 0 Å². The Balaban J connectivity index is 3.15. The van der Waals surface area contributed by atoms with E-state index in [1.165, 1.54) is 6.07 Å². The molecule has 0 fully saturated rings. The van der Waals surface area contributed by atoms with Gasteiger partial charge in [0.25, 0.3) is 0 Å². The van der Waals surface area contributed by atoms with Crippen molar-refractivity contribution in [3.05, 3.63) is 29.1 Å². The van der Waals surface area contributed by atoms with Crippen molar-refractivity contribution in [1.82, 2.24) is 0 Å². The monoisotopic (exact) mass is 200 g/mol. The van der Waals surface area contributed by atoms with Gasteiger partial charge in [0.2, 0.25) is 6.43 Å². The summed E-state index contributed by atoms with van der Waals surface area (Å²) in [6.45, 7) is 0. The molecule has 1 rings (SSSR count). The molecule has 0 aliphatic rings. The van der Waals surface area contributed by atoms with Crippen LogP contribution >= 0.6 is 0 Å². The maximum Gasteiger partial charge on any atom is 0.242 e. The van der Waals surface area contributed by atoms with Crippen LogP contribution in [-0.2, 0) is 6.42 Å². The van der Waals surface area contributed by atoms with Gasteiger partial charge >= 0.3 is 0 Å². The highest BCUT2D eigenvalue weighted by atomic mass is 19.3. The molecule has 14 heavy (non-hydrogen) atoms. The average molecular weight is 200 g/mol. The molecule has 74 valence electrons. The van der Waals surface area contributed by atoms with Gasteiger partial charge in [0.1, 0.15) is 5.82 Å². The van der Waals surface area contributed by atoms with Crippen molar-refractivity contribution in [3.63, 3.8) is 0 Å². The first-order chi connectivity index (χ1) is 6.54. The molecular formula is C9H7F3N2. The number of alkyl halides is 2. The Morgan fingerprint density at radius 1 is 1.43 bits per heavy atom. The number of nitrogen functional groups attached to an aromatic ring is 1. The summed E-state index contributed by atoms with van der Waals surface area (Å²) in [5.74, 6) is -0.834. The fraction of sp³-hybridized carbons (Fsp3) is 0.222. The molecule has 0 saturated heterocycles. The fourth-order valence-electron chi connectivity index (χ4n) is 1.07. The Hall–Kier alpha value is -1.70. The number of nitrogens with zero attached hydrogens (tertiary/aromatic N) is 1. The van der Waals surface area contributed by atoms with Crippen LogP contribution in [0.4, 0.5) is 18.9 Å². The predicted molar refractivity (Wildman–Crippen MR) is 45.2 cm³/mol. The Morgan fingerprint density at radius 2 is 2.07 bits per heavy atom. The van der Waals surface area contributed by atoms with E-state index in [9.17, 15) is 13.2 Å². The van der Waals surface area contributed by atoms with Crippen molar-refractivity contribution in [3.8, 4) is 6.07 Å². The molecule has 2 N–H and O–H groups in total. The normalized spacial score (nSPS) is 10.2. The summed E-state index contributed by atoms with van der Waals surface area (Å²) in [6.07, 6.45) is -3.25. The van der Waals surface area contributed by atoms with Gasteiger partial charge in [-0.3, -0.25) is 0 Å². The maximum atomic E-state index is 13.0. The summed E-state index contributed by atoms with van der Waals surface area (Å²) < 4.78 is 37.0. The number of rotatable bonds is 2. The van der Waals surface area contributed by atoms with Gasteiger partial charge in [-0.25, -0.2) is 13.2 Å². The minimum atomic E-state index is -2.61. The molecular weight excluding hydrogens is 193 g/mol. The van der Waals surface area contributed by atoms with Crippen LogP contribution in [0, 0.1) is 17.1 Å². The zero-order valence-corrected chi connectivity index (χ0v) is 7.10. The van der Waals surface area contributed by atoms with Crippen molar-refractivity contribution >= 4 is 5.69 Å². The molecule has 0 aliphatic heterocycles. The van der Waals surface area contributed by atoms with Crippen molar-refractivity contribution in [2.24, 2.45) is 0 Å². The second kappa shape index (κ2) is 4.01. The van der Waals surface area contributed by atoms with E-state index in [1.807, 2.05) is 0 Å². The first-order valence-corrected chi connectivity index (χ1v) is 3.80. The van der Waals surface area contributed by atoms with Crippen LogP contribution in [0.15, 0.2) is 12.1 Å². The van der Waals surface area contributed by atoms with E-state index in [2.05, 4.69) is 0 Å². The second-order valence-corrected chi connectivity index (χ2v) is 2.74. The summed E-state index contributed by atoms with van der Waals surface area (Å²) >= 11 is 0. The Kier molecular flexibility index (Phi) is 2.97. The smallest absolute Gasteiger partial charge is 0.242 e. The standard InChI is InChI=1S/C9H7F3N2/c10-7-2-5(4-13)1-6(9(7)14)3-8(11)12/h1-2,8H,3,14H2. The van der Waals surface area contributed by atoms with Crippen LogP contribution in [0.2, 0.25) is 0 Å². The number of benzene rings is 1. The van der Waals surface area contributed by atoms with Crippen molar-refractivity contribution in [1.29, 1.82) is 5.26 Å². The molecule has 0 aromatic heterocycles. The third kappa shape index (κ3) is 2.16. The van der Waals surface area contributed by atoms with Crippen LogP contribution in [0.25, 0.3) is 0 Å². The van der Waals surface area contributed by atoms with Gasteiger partial charge in [0.15, 0.2) is 0 Å². The lowest BCUT2D eigenvalue weighted by atomic mass is 10.1. The highest BCUT2D eigenvalue weighted by Crippen LogP contribution is 2.21. The number of anilines is 1. The van der Waals surface area contributed by atoms with E-state index in [1.54, 1.807) is 6.07 Å². The molecule has 2 nitrogen and oxygen atoms in total. The van der Waals surface area contributed by atoms with Crippen molar-refractivity contribution < 1.29 is 13.2 Å². The molecule has 0 spiro atoms. The molecule has 0 amide bonds. The predicted octanol–water partition coefficient (Wildman–Crippen LogP) is 2.09. The Morgan fingerprint density at radius 3 is 2.57 bits per heavy atom. The van der Waals surface area contributed by atoms with E-state index in [0.717, 1.165) is 6.07 Å². The van der Waals surface area contributed by atoms with E-state index >= 15 is 0 Å². The number of nitrogens with two attached hydrogens (primary N) is 1. The summed E-state index contributed by atoms with van der Waals surface area (Å²) in [7, 11) is 0. The maximum absolute atomic E-state index is 13.0. The molecule has 0 saturated carbocycles. The first kappa shape index (κ1) is 10.4. The minimum Gasteiger partial charge on any atom is -0.396 e. The molecule has 0 bridgehead atoms. The number of hydrogen-bond acceptors (Lipinski definition) is 2. The lowest BCUT2D eigenvalue weighted by Gasteiger charge is -2.06. The van der Waals surface area contributed by atoms with Gasteiger partial charge in [0, 0.05) is 6.42 Å². The van der Waals surface area contributed by atoms with Gasteiger partial charge < -0.3 is 5.73 Å². The number of nitriles is 1. The molecule has 0 atom stereocenters. The van der Waals surface area contributed by atoms with Crippen molar-refractivity contribution in [2.45, 2.75) is 12.8 Å². The number of hydrogen-bond donors (Lipinski definition) is 1. The fourth-order valence-corrected chi connectivity index (χ4v) is 1.07. The van der Waals surface area contributed by atoms with Crippen LogP contribution in [0.1, 0.15) is 11.1 Å². The third-order valence-corrected chi connectivity index (χ3v) is 1.72. The molecule has 0 heterocycles. The lowest BCUT2D eigenvalue weighted by Crippen LogP contribution is -2.04. The topological polar surface area (TPSA) is 49.8 Å². The second-order valence-electron chi connectivity index (χ2n) is 2.74. The van der Waals surface area contributed by atoms with E-state index in [0.29, 0.717) is 0 Å². The van der Waals surface area contributed by atoms with E-state index < -0.39 is 18.7 Å². The van der Waals surface area contributed by atoms with E-state index in [-0.39, 0.29) is 16.8 Å². The molecule has 0 unspecified atom stereocenters. The lowest BCUT2D eigenvalue weighted by molar-refractivity contribution is 0.149. The summed E-state index contributed by atoms with van der Waals surface area (Å²) in [6, 6.07) is 3.76. The van der Waals surface area contributed by atoms with Gasteiger partial charge in [-0.15, -0.1) is 0 Å². The molecule has 0 aliphatic carbocycles. The van der Waals surface area contributed by atoms with Crippen molar-refractivity contribution in [2.75, 3.05) is 5.73 Å². The molecule has 1 aromatic carbocycles. The summed E-state index contributed by atoms with van der Waals surface area (Å²) in [5.41, 5.74) is 4.88. The summed E-state index contributed by atoms with van der Waals surface area (Å²) in [4.78, 5) is 0. The van der Waals surface area contributed by atoms with E-state index in [4.69, 9.17) is 11.0 Å². The number of halogens is 3. The summed E-state index contributed by atoms with van der Waals surface area (Å²) in [5, 5.41) is 8.47. The highest BCUT2D eigenvalue weighted by Gasteiger charge is 2.12. The highest BCUT2D eigenvalue weighted by molar-refractivity contribution is 5.52. The SMILES string of the molecule is N#Cc1cc(F)c(N)c(CC(F)F)c1. The van der Waals surface area contributed by atoms with Crippen LogP contribution < -0.4 is 5.73 Å². The van der Waals surface area contributed by atoms with Crippen LogP contribution in [-0.4, -0.2) is 6.43 Å². The quantitative estimate of drug-likeness (QED) is 0.743. The molecule has 1 aromatic rings. The zero-order valence-electron chi connectivity index (χ0n) is 7.10. The van der Waals surface area contributed by atoms with Crippen LogP contribution in [0.5, 0.6) is 0 Å². The molecule has 5 heteroatoms. The van der Waals surface area contributed by atoms with Crippen LogP contribution in [0.3, 0.4) is 0 Å². The third-order valence-electron chi connectivity index (χ3n) is 1.72.